The number of hydrogen-bond acceptors (Lipinski definition) is 4. The molecule has 3 rings (SSSR count). The van der Waals surface area contributed by atoms with Crippen molar-refractivity contribution in [1.29, 1.82) is 0 Å². The van der Waals surface area contributed by atoms with E-state index in [0.29, 0.717) is 0 Å². The molecule has 29 heavy (non-hydrogen) atoms. The van der Waals surface area contributed by atoms with Crippen LogP contribution in [0, 0.1) is 5.92 Å². The van der Waals surface area contributed by atoms with E-state index in [1.54, 1.807) is 24.5 Å². The van der Waals surface area contributed by atoms with Crippen molar-refractivity contribution in [3.8, 4) is 11.1 Å². The van der Waals surface area contributed by atoms with E-state index < -0.39 is 5.41 Å². The van der Waals surface area contributed by atoms with E-state index in [1.165, 1.54) is 0 Å². The Labute approximate surface area is 172 Å². The van der Waals surface area contributed by atoms with E-state index >= 15 is 0 Å². The van der Waals surface area contributed by atoms with Gasteiger partial charge in [-0.1, -0.05) is 38.1 Å². The van der Waals surface area contributed by atoms with Crippen LogP contribution in [-0.2, 0) is 10.2 Å². The van der Waals surface area contributed by atoms with Crippen LogP contribution in [0.25, 0.3) is 11.1 Å². The van der Waals surface area contributed by atoms with Gasteiger partial charge in [-0.25, -0.2) is 4.98 Å². The van der Waals surface area contributed by atoms with Gasteiger partial charge in [0.25, 0.3) is 0 Å². The minimum absolute atomic E-state index is 0.0246. The van der Waals surface area contributed by atoms with Gasteiger partial charge in [-0.3, -0.25) is 9.78 Å². The second-order valence-electron chi connectivity index (χ2n) is 7.92. The lowest BCUT2D eigenvalue weighted by Crippen LogP contribution is -2.42. The zero-order valence-corrected chi connectivity index (χ0v) is 17.7. The molecule has 150 valence electrons. The summed E-state index contributed by atoms with van der Waals surface area (Å²) in [6, 6.07) is 15.9. The molecule has 5 heteroatoms. The Hall–Kier alpha value is -3.21. The summed E-state index contributed by atoms with van der Waals surface area (Å²) in [6.07, 6.45) is 5.22. The number of carbonyl (C=O) groups is 1. The summed E-state index contributed by atoms with van der Waals surface area (Å²) in [6.45, 7) is 6.14. The molecule has 0 saturated heterocycles. The molecule has 1 atom stereocenters. The molecule has 0 fully saturated rings. The fourth-order valence-electron chi connectivity index (χ4n) is 3.25. The highest BCUT2D eigenvalue weighted by Crippen LogP contribution is 2.34. The Bertz CT molecular complexity index is 950. The summed E-state index contributed by atoms with van der Waals surface area (Å²) < 4.78 is 0. The monoisotopic (exact) mass is 388 g/mol. The van der Waals surface area contributed by atoms with Crippen molar-refractivity contribution in [1.82, 2.24) is 9.97 Å². The molecule has 0 bridgehead atoms. The lowest BCUT2D eigenvalue weighted by atomic mass is 9.72. The molecule has 0 radical (unpaired) electrons. The average Bonchev–Trinajstić information content (AvgIpc) is 2.74. The number of nitrogens with one attached hydrogen (secondary N) is 1. The lowest BCUT2D eigenvalue weighted by Gasteiger charge is -2.33. The van der Waals surface area contributed by atoms with Crippen LogP contribution in [0.4, 0.5) is 11.5 Å². The van der Waals surface area contributed by atoms with Gasteiger partial charge in [0.15, 0.2) is 0 Å². The van der Waals surface area contributed by atoms with Gasteiger partial charge in [-0.05, 0) is 48.2 Å². The van der Waals surface area contributed by atoms with Crippen LogP contribution in [0.5, 0.6) is 0 Å². The van der Waals surface area contributed by atoms with E-state index in [-0.39, 0.29) is 11.8 Å². The molecule has 0 saturated carbocycles. The van der Waals surface area contributed by atoms with E-state index in [0.717, 1.165) is 28.2 Å². The van der Waals surface area contributed by atoms with E-state index in [2.05, 4.69) is 47.3 Å². The molecule has 1 aromatic carbocycles. The topological polar surface area (TPSA) is 58.1 Å². The van der Waals surface area contributed by atoms with Gasteiger partial charge in [0.1, 0.15) is 5.82 Å². The zero-order valence-electron chi connectivity index (χ0n) is 17.7. The SMILES string of the molecule is CC(C)C(C)(C(=O)Nc1ccncc1)c1ccc(-c2ccc(N(C)C)nc2)cc1. The summed E-state index contributed by atoms with van der Waals surface area (Å²) in [4.78, 5) is 23.6. The molecule has 5 nitrogen and oxygen atoms in total. The Morgan fingerprint density at radius 3 is 2.10 bits per heavy atom. The maximum absolute atomic E-state index is 13.2. The van der Waals surface area contributed by atoms with Gasteiger partial charge < -0.3 is 10.2 Å². The predicted molar refractivity (Wildman–Crippen MR) is 119 cm³/mol. The third-order valence-electron chi connectivity index (χ3n) is 5.59. The summed E-state index contributed by atoms with van der Waals surface area (Å²) >= 11 is 0. The highest BCUT2D eigenvalue weighted by molar-refractivity contribution is 5.99. The molecule has 0 aliphatic heterocycles. The number of pyridine rings is 2. The molecular weight excluding hydrogens is 360 g/mol. The smallest absolute Gasteiger partial charge is 0.235 e. The fraction of sp³-hybridized carbons (Fsp3) is 0.292. The number of aromatic nitrogens is 2. The van der Waals surface area contributed by atoms with Gasteiger partial charge in [0, 0.05) is 43.9 Å². The minimum atomic E-state index is -0.658. The first-order valence-corrected chi connectivity index (χ1v) is 9.78. The lowest BCUT2D eigenvalue weighted by molar-refractivity contribution is -0.122. The van der Waals surface area contributed by atoms with Gasteiger partial charge in [-0.2, -0.15) is 0 Å². The van der Waals surface area contributed by atoms with Crippen LogP contribution in [0.3, 0.4) is 0 Å². The average molecular weight is 389 g/mol. The van der Waals surface area contributed by atoms with Crippen LogP contribution in [0.15, 0.2) is 67.1 Å². The Morgan fingerprint density at radius 2 is 1.59 bits per heavy atom. The van der Waals surface area contributed by atoms with E-state index in [1.807, 2.05) is 50.3 Å². The zero-order chi connectivity index (χ0) is 21.0. The molecule has 2 aromatic heterocycles. The number of rotatable bonds is 6. The summed E-state index contributed by atoms with van der Waals surface area (Å²) in [7, 11) is 3.95. The van der Waals surface area contributed by atoms with Gasteiger partial charge in [0.2, 0.25) is 5.91 Å². The molecule has 0 aliphatic rings. The molecule has 3 aromatic rings. The van der Waals surface area contributed by atoms with E-state index in [4.69, 9.17) is 0 Å². The minimum Gasteiger partial charge on any atom is -0.363 e. The van der Waals surface area contributed by atoms with E-state index in [9.17, 15) is 4.79 Å². The van der Waals surface area contributed by atoms with Gasteiger partial charge in [0.05, 0.1) is 5.41 Å². The van der Waals surface area contributed by atoms with Crippen LogP contribution >= 0.6 is 0 Å². The second-order valence-corrected chi connectivity index (χ2v) is 7.92. The fourth-order valence-corrected chi connectivity index (χ4v) is 3.25. The number of carbonyl (C=O) groups excluding carboxylic acids is 1. The summed E-state index contributed by atoms with van der Waals surface area (Å²) in [5.41, 5.74) is 3.21. The Morgan fingerprint density at radius 1 is 0.966 bits per heavy atom. The van der Waals surface area contributed by atoms with Gasteiger partial charge >= 0.3 is 0 Å². The van der Waals surface area contributed by atoms with Crippen LogP contribution < -0.4 is 10.2 Å². The number of amides is 1. The quantitative estimate of drug-likeness (QED) is 0.661. The Kier molecular flexibility index (Phi) is 5.97. The summed E-state index contributed by atoms with van der Waals surface area (Å²) in [5.74, 6) is 1.02. The maximum atomic E-state index is 13.2. The Balaban J connectivity index is 1.87. The third-order valence-corrected chi connectivity index (χ3v) is 5.59. The first-order chi connectivity index (χ1) is 13.8. The van der Waals surface area contributed by atoms with Crippen LogP contribution in [-0.4, -0.2) is 30.0 Å². The molecule has 0 spiro atoms. The molecule has 1 unspecified atom stereocenters. The van der Waals surface area contributed by atoms with Crippen LogP contribution in [0.2, 0.25) is 0 Å². The van der Waals surface area contributed by atoms with Crippen molar-refractivity contribution in [3.63, 3.8) is 0 Å². The maximum Gasteiger partial charge on any atom is 0.235 e. The van der Waals surface area contributed by atoms with Gasteiger partial charge in [-0.15, -0.1) is 0 Å². The summed E-state index contributed by atoms with van der Waals surface area (Å²) in [5, 5.41) is 3.03. The first kappa shape index (κ1) is 20.5. The van der Waals surface area contributed by atoms with Crippen molar-refractivity contribution in [2.24, 2.45) is 5.92 Å². The number of hydrogen-bond donors (Lipinski definition) is 1. The molecule has 0 aliphatic carbocycles. The van der Waals surface area contributed by atoms with Crippen molar-refractivity contribution in [2.75, 3.05) is 24.3 Å². The predicted octanol–water partition coefficient (Wildman–Crippen LogP) is 4.76. The molecule has 2 heterocycles. The van der Waals surface area contributed by atoms with Crippen molar-refractivity contribution in [2.45, 2.75) is 26.2 Å². The first-order valence-electron chi connectivity index (χ1n) is 9.78. The second kappa shape index (κ2) is 8.43. The molecule has 1 amide bonds. The third kappa shape index (κ3) is 4.29. The molecular formula is C24H28N4O. The normalized spacial score (nSPS) is 13.0. The van der Waals surface area contributed by atoms with Crippen LogP contribution in [0.1, 0.15) is 26.3 Å². The van der Waals surface area contributed by atoms with Crippen molar-refractivity contribution >= 4 is 17.4 Å². The largest absolute Gasteiger partial charge is 0.363 e. The number of benzene rings is 1. The van der Waals surface area contributed by atoms with Crippen molar-refractivity contribution < 1.29 is 4.79 Å². The highest BCUT2D eigenvalue weighted by Gasteiger charge is 2.38. The number of anilines is 2. The van der Waals surface area contributed by atoms with Crippen molar-refractivity contribution in [3.05, 3.63) is 72.7 Å². The molecule has 1 N–H and O–H groups in total. The number of nitrogens with zero attached hydrogens (tertiary/aromatic N) is 3. The highest BCUT2D eigenvalue weighted by atomic mass is 16.2. The standard InChI is InChI=1S/C24H28N4O/c1-17(2)24(3,23(29)27-21-12-14-25-15-13-21)20-9-6-18(7-10-20)19-8-11-22(26-16-19)28(4)5/h6-17H,1-5H3,(H,25,27,29).